The predicted octanol–water partition coefficient (Wildman–Crippen LogP) is 4.49. The van der Waals surface area contributed by atoms with E-state index in [2.05, 4.69) is 42.3 Å². The number of aliphatic hydroxyl groups is 1. The highest BCUT2D eigenvalue weighted by molar-refractivity contribution is 5.68. The first-order chi connectivity index (χ1) is 15.1. The molecule has 3 atom stereocenters. The van der Waals surface area contributed by atoms with E-state index in [-0.39, 0.29) is 0 Å². The van der Waals surface area contributed by atoms with Gasteiger partial charge in [-0.15, -0.1) is 0 Å². The van der Waals surface area contributed by atoms with Gasteiger partial charge in [0.2, 0.25) is 0 Å². The average molecular weight is 439 g/mol. The molecule has 5 nitrogen and oxygen atoms in total. The Kier molecular flexibility index (Phi) is 7.96. The fourth-order valence-electron chi connectivity index (χ4n) is 4.43. The van der Waals surface area contributed by atoms with Crippen molar-refractivity contribution < 1.29 is 14.6 Å². The number of carbonyl (C=O) groups excluding carboxylic acids is 1. The third-order valence-corrected chi connectivity index (χ3v) is 5.80. The van der Waals surface area contributed by atoms with E-state index in [1.54, 1.807) is 0 Å². The summed E-state index contributed by atoms with van der Waals surface area (Å²) in [7, 11) is 0. The van der Waals surface area contributed by atoms with Crippen LogP contribution in [0, 0.1) is 12.8 Å². The number of hydrogen-bond acceptors (Lipinski definition) is 4. The highest BCUT2D eigenvalue weighted by Crippen LogP contribution is 2.23. The maximum Gasteiger partial charge on any atom is 0.407 e. The minimum atomic E-state index is -0.720. The lowest BCUT2D eigenvalue weighted by molar-refractivity contribution is 0.0350. The van der Waals surface area contributed by atoms with Gasteiger partial charge in [0.25, 0.3) is 0 Å². The average Bonchev–Trinajstić information content (AvgIpc) is 2.83. The molecule has 0 aliphatic carbocycles. The molecule has 1 heterocycles. The van der Waals surface area contributed by atoms with Crippen LogP contribution in [0.25, 0.3) is 0 Å². The third-order valence-electron chi connectivity index (χ3n) is 5.80. The van der Waals surface area contributed by atoms with Gasteiger partial charge in [-0.25, -0.2) is 4.79 Å². The predicted molar refractivity (Wildman–Crippen MR) is 129 cm³/mol. The zero-order valence-corrected chi connectivity index (χ0v) is 20.1. The summed E-state index contributed by atoms with van der Waals surface area (Å²) < 4.78 is 5.47. The molecule has 2 aromatic rings. The second kappa shape index (κ2) is 10.5. The fourth-order valence-corrected chi connectivity index (χ4v) is 4.43. The summed E-state index contributed by atoms with van der Waals surface area (Å²) in [6.45, 7) is 12.1. The number of nitrogens with zero attached hydrogens (tertiary/aromatic N) is 1. The third kappa shape index (κ3) is 7.35. The second-order valence-corrected chi connectivity index (χ2v) is 10.3. The number of fused-ring (bicyclic) bond motifs is 1. The number of ether oxygens (including phenoxy) is 1. The number of nitrogens with one attached hydrogen (secondary N) is 1. The summed E-state index contributed by atoms with van der Waals surface area (Å²) >= 11 is 0. The maximum atomic E-state index is 12.5. The number of carbonyl (C=O) groups is 1. The topological polar surface area (TPSA) is 61.8 Å². The van der Waals surface area contributed by atoms with Gasteiger partial charge >= 0.3 is 6.09 Å². The van der Waals surface area contributed by atoms with Crippen molar-refractivity contribution in [1.29, 1.82) is 0 Å². The standard InChI is InChI=1S/C27H38N2O3/c1-19-11-12-22-17-29(16-20(2)14-23(22)13-19)18-25(30)24(15-21-9-7-6-8-10-21)28-26(31)32-27(3,4)5/h6-13,20,24-25,30H,14-18H2,1-5H3,(H,28,31)/t20-,24+,25-/m1/s1. The number of alkyl carbamates (subject to hydrolysis) is 1. The van der Waals surface area contributed by atoms with Crippen molar-refractivity contribution in [3.05, 3.63) is 70.8 Å². The van der Waals surface area contributed by atoms with Crippen LogP contribution in [0.5, 0.6) is 0 Å². The van der Waals surface area contributed by atoms with Crippen molar-refractivity contribution in [2.75, 3.05) is 13.1 Å². The van der Waals surface area contributed by atoms with E-state index in [1.165, 1.54) is 16.7 Å². The quantitative estimate of drug-likeness (QED) is 0.698. The summed E-state index contributed by atoms with van der Waals surface area (Å²) in [4.78, 5) is 14.8. The van der Waals surface area contributed by atoms with E-state index >= 15 is 0 Å². The molecule has 0 saturated carbocycles. The Morgan fingerprint density at radius 1 is 1.19 bits per heavy atom. The molecule has 1 aliphatic rings. The summed E-state index contributed by atoms with van der Waals surface area (Å²) in [5.74, 6) is 0.497. The van der Waals surface area contributed by atoms with Gasteiger partial charge in [0, 0.05) is 19.6 Å². The van der Waals surface area contributed by atoms with Gasteiger partial charge in [0.05, 0.1) is 12.1 Å². The highest BCUT2D eigenvalue weighted by atomic mass is 16.6. The molecule has 0 unspecified atom stereocenters. The van der Waals surface area contributed by atoms with Gasteiger partial charge in [-0.1, -0.05) is 61.0 Å². The van der Waals surface area contributed by atoms with Crippen LogP contribution in [-0.4, -0.2) is 46.9 Å². The Labute approximate surface area is 192 Å². The Hall–Kier alpha value is -2.37. The Balaban J connectivity index is 1.73. The lowest BCUT2D eigenvalue weighted by Gasteiger charge is -2.31. The lowest BCUT2D eigenvalue weighted by atomic mass is 9.97. The molecule has 1 amide bonds. The Morgan fingerprint density at radius 3 is 2.59 bits per heavy atom. The Morgan fingerprint density at radius 2 is 1.91 bits per heavy atom. The molecule has 0 aromatic heterocycles. The molecule has 0 bridgehead atoms. The number of amides is 1. The summed E-state index contributed by atoms with van der Waals surface area (Å²) in [6.07, 6.45) is 0.373. The Bertz CT molecular complexity index is 892. The van der Waals surface area contributed by atoms with Crippen LogP contribution in [0.4, 0.5) is 4.79 Å². The smallest absolute Gasteiger partial charge is 0.407 e. The summed E-state index contributed by atoms with van der Waals surface area (Å²) in [6, 6.07) is 16.2. The SMILES string of the molecule is Cc1ccc2c(c1)C[C@@H](C)CN(C[C@@H](O)[C@H](Cc1ccccc1)NC(=O)OC(C)(C)C)C2. The largest absolute Gasteiger partial charge is 0.444 e. The van der Waals surface area contributed by atoms with E-state index in [0.29, 0.717) is 18.9 Å². The van der Waals surface area contributed by atoms with Crippen LogP contribution in [0.15, 0.2) is 48.5 Å². The zero-order chi connectivity index (χ0) is 23.3. The van der Waals surface area contributed by atoms with Crippen LogP contribution in [0.3, 0.4) is 0 Å². The van der Waals surface area contributed by atoms with E-state index in [9.17, 15) is 9.90 Å². The minimum absolute atomic E-state index is 0.441. The number of aryl methyl sites for hydroxylation is 1. The van der Waals surface area contributed by atoms with E-state index < -0.39 is 23.8 Å². The minimum Gasteiger partial charge on any atom is -0.444 e. The number of hydrogen-bond donors (Lipinski definition) is 2. The molecular weight excluding hydrogens is 400 g/mol. The van der Waals surface area contributed by atoms with Crippen LogP contribution in [0.1, 0.15) is 49.9 Å². The first-order valence-electron chi connectivity index (χ1n) is 11.6. The molecule has 3 rings (SSSR count). The second-order valence-electron chi connectivity index (χ2n) is 10.3. The molecular formula is C27H38N2O3. The number of aliphatic hydroxyl groups excluding tert-OH is 1. The summed E-state index contributed by atoms with van der Waals surface area (Å²) in [5, 5.41) is 14.2. The van der Waals surface area contributed by atoms with Crippen LogP contribution < -0.4 is 5.32 Å². The van der Waals surface area contributed by atoms with Gasteiger partial charge in [0.15, 0.2) is 0 Å². The number of rotatable bonds is 6. The van der Waals surface area contributed by atoms with Gasteiger partial charge in [-0.3, -0.25) is 4.90 Å². The number of β-amino-alcohol motifs (C(OH)–C–C–N with tert-alkyl or cyclic N) is 1. The van der Waals surface area contributed by atoms with Crippen molar-refractivity contribution in [3.63, 3.8) is 0 Å². The van der Waals surface area contributed by atoms with Crippen LogP contribution >= 0.6 is 0 Å². The monoisotopic (exact) mass is 438 g/mol. The number of benzene rings is 2. The van der Waals surface area contributed by atoms with E-state index in [0.717, 1.165) is 25.1 Å². The van der Waals surface area contributed by atoms with Gasteiger partial charge < -0.3 is 15.2 Å². The van der Waals surface area contributed by atoms with Crippen molar-refractivity contribution >= 4 is 6.09 Å². The van der Waals surface area contributed by atoms with Crippen molar-refractivity contribution in [1.82, 2.24) is 10.2 Å². The first-order valence-corrected chi connectivity index (χ1v) is 11.6. The van der Waals surface area contributed by atoms with Crippen LogP contribution in [0.2, 0.25) is 0 Å². The normalized spacial score (nSPS) is 18.9. The molecule has 1 aliphatic heterocycles. The van der Waals surface area contributed by atoms with Crippen molar-refractivity contribution in [2.45, 2.75) is 71.8 Å². The van der Waals surface area contributed by atoms with Crippen LogP contribution in [-0.2, 0) is 24.1 Å². The van der Waals surface area contributed by atoms with E-state index in [4.69, 9.17) is 4.74 Å². The molecule has 0 saturated heterocycles. The van der Waals surface area contributed by atoms with Gasteiger partial charge in [-0.2, -0.15) is 0 Å². The van der Waals surface area contributed by atoms with E-state index in [1.807, 2.05) is 51.1 Å². The zero-order valence-electron chi connectivity index (χ0n) is 20.1. The maximum absolute atomic E-state index is 12.5. The summed E-state index contributed by atoms with van der Waals surface area (Å²) in [5.41, 5.74) is 4.50. The highest BCUT2D eigenvalue weighted by Gasteiger charge is 2.28. The molecule has 32 heavy (non-hydrogen) atoms. The fraction of sp³-hybridized carbons (Fsp3) is 0.519. The van der Waals surface area contributed by atoms with Gasteiger partial charge in [-0.05, 0) is 63.1 Å². The van der Waals surface area contributed by atoms with Gasteiger partial charge in [0.1, 0.15) is 5.60 Å². The molecule has 2 aromatic carbocycles. The molecule has 5 heteroatoms. The molecule has 0 fully saturated rings. The molecule has 2 N–H and O–H groups in total. The molecule has 0 spiro atoms. The lowest BCUT2D eigenvalue weighted by Crippen LogP contribution is -2.50. The van der Waals surface area contributed by atoms with Crippen molar-refractivity contribution in [2.24, 2.45) is 5.92 Å². The molecule has 0 radical (unpaired) electrons. The molecule has 174 valence electrons. The first kappa shape index (κ1) is 24.3. The van der Waals surface area contributed by atoms with Crippen molar-refractivity contribution in [3.8, 4) is 0 Å².